The molecule has 1 aromatic heterocycles. The Morgan fingerprint density at radius 3 is 2.84 bits per heavy atom. The first-order valence-corrected chi connectivity index (χ1v) is 5.60. The van der Waals surface area contributed by atoms with E-state index in [2.05, 4.69) is 0 Å². The molecular weight excluding hydrogens is 246 g/mol. The first-order chi connectivity index (χ1) is 9.10. The van der Waals surface area contributed by atoms with Crippen LogP contribution in [0.25, 0.3) is 0 Å². The molecule has 2 aromatic rings. The van der Waals surface area contributed by atoms with Crippen molar-refractivity contribution in [2.75, 3.05) is 0 Å². The molecule has 1 heterocycles. The number of carboxylic acids is 1. The van der Waals surface area contributed by atoms with Crippen LogP contribution in [0.3, 0.4) is 0 Å². The summed E-state index contributed by atoms with van der Waals surface area (Å²) in [6, 6.07) is 11.7. The summed E-state index contributed by atoms with van der Waals surface area (Å²) in [4.78, 5) is 10.7. The Labute approximate surface area is 109 Å². The van der Waals surface area contributed by atoms with E-state index in [1.54, 1.807) is 37.3 Å². The van der Waals surface area contributed by atoms with Crippen LogP contribution in [0.5, 0.6) is 5.75 Å². The smallest absolute Gasteiger partial charge is 0.371 e. The number of rotatable bonds is 4. The lowest BCUT2D eigenvalue weighted by atomic mass is 10.2. The summed E-state index contributed by atoms with van der Waals surface area (Å²) in [5.41, 5.74) is 0.496. The Balaban J connectivity index is 2.13. The van der Waals surface area contributed by atoms with Crippen molar-refractivity contribution in [3.05, 3.63) is 53.5 Å². The van der Waals surface area contributed by atoms with E-state index in [1.165, 1.54) is 6.07 Å². The van der Waals surface area contributed by atoms with Crippen LogP contribution in [0.4, 0.5) is 0 Å². The number of aromatic carboxylic acids is 1. The van der Waals surface area contributed by atoms with Gasteiger partial charge < -0.3 is 14.3 Å². The Morgan fingerprint density at radius 2 is 2.21 bits per heavy atom. The van der Waals surface area contributed by atoms with Gasteiger partial charge in [0.25, 0.3) is 0 Å². The van der Waals surface area contributed by atoms with Gasteiger partial charge in [-0.1, -0.05) is 6.07 Å². The van der Waals surface area contributed by atoms with Gasteiger partial charge in [0.2, 0.25) is 5.76 Å². The van der Waals surface area contributed by atoms with Crippen LogP contribution in [0.1, 0.15) is 34.9 Å². The summed E-state index contributed by atoms with van der Waals surface area (Å²) in [5, 5.41) is 17.6. The predicted octanol–water partition coefficient (Wildman–Crippen LogP) is 2.99. The van der Waals surface area contributed by atoms with Crippen molar-refractivity contribution in [1.82, 2.24) is 0 Å². The highest BCUT2D eigenvalue weighted by Crippen LogP contribution is 2.23. The molecule has 0 saturated heterocycles. The second-order valence-electron chi connectivity index (χ2n) is 3.91. The maximum Gasteiger partial charge on any atom is 0.371 e. The van der Waals surface area contributed by atoms with Gasteiger partial charge in [-0.3, -0.25) is 0 Å². The molecule has 1 aromatic carbocycles. The molecule has 0 aliphatic rings. The van der Waals surface area contributed by atoms with E-state index >= 15 is 0 Å². The quantitative estimate of drug-likeness (QED) is 0.910. The van der Waals surface area contributed by atoms with Crippen LogP contribution < -0.4 is 4.74 Å². The summed E-state index contributed by atoms with van der Waals surface area (Å²) in [6.45, 7) is 1.74. The molecule has 1 unspecified atom stereocenters. The Hall–Kier alpha value is -2.74. The molecule has 19 heavy (non-hydrogen) atoms. The zero-order chi connectivity index (χ0) is 13.8. The van der Waals surface area contributed by atoms with Crippen LogP contribution in [0.2, 0.25) is 0 Å². The number of hydrogen-bond donors (Lipinski definition) is 1. The molecule has 0 aliphatic carbocycles. The second kappa shape index (κ2) is 5.27. The van der Waals surface area contributed by atoms with E-state index in [0.717, 1.165) is 0 Å². The van der Waals surface area contributed by atoms with Crippen LogP contribution in [0.15, 0.2) is 40.8 Å². The molecule has 0 aliphatic heterocycles. The Morgan fingerprint density at radius 1 is 1.42 bits per heavy atom. The van der Waals surface area contributed by atoms with Gasteiger partial charge in [0.15, 0.2) is 6.10 Å². The fourth-order valence-electron chi connectivity index (χ4n) is 1.59. The SMILES string of the molecule is CC(Oc1cccc(C#N)c1)c1ccc(C(=O)O)o1. The molecule has 1 atom stereocenters. The molecule has 0 radical (unpaired) electrons. The van der Waals surface area contributed by atoms with Gasteiger partial charge in [-0.25, -0.2) is 4.79 Å². The number of nitrogens with zero attached hydrogens (tertiary/aromatic N) is 1. The van der Waals surface area contributed by atoms with Crippen LogP contribution in [-0.4, -0.2) is 11.1 Å². The summed E-state index contributed by atoms with van der Waals surface area (Å²) in [6.07, 6.45) is -0.443. The standard InChI is InChI=1S/C14H11NO4/c1-9(12-5-6-13(19-12)14(16)17)18-11-4-2-3-10(7-11)8-15/h2-7,9H,1H3,(H,16,17). The lowest BCUT2D eigenvalue weighted by molar-refractivity contribution is 0.0655. The van der Waals surface area contributed by atoms with E-state index in [1.807, 2.05) is 6.07 Å². The number of nitriles is 1. The highest BCUT2D eigenvalue weighted by atomic mass is 16.5. The van der Waals surface area contributed by atoms with Gasteiger partial charge in [-0.2, -0.15) is 5.26 Å². The second-order valence-corrected chi connectivity index (χ2v) is 3.91. The summed E-state index contributed by atoms with van der Waals surface area (Å²) in [7, 11) is 0. The lowest BCUT2D eigenvalue weighted by Crippen LogP contribution is -2.02. The van der Waals surface area contributed by atoms with Gasteiger partial charge >= 0.3 is 5.97 Å². The normalized spacial score (nSPS) is 11.6. The van der Waals surface area contributed by atoms with E-state index in [0.29, 0.717) is 17.1 Å². The van der Waals surface area contributed by atoms with E-state index in [9.17, 15) is 4.79 Å². The lowest BCUT2D eigenvalue weighted by Gasteiger charge is -2.12. The van der Waals surface area contributed by atoms with Crippen molar-refractivity contribution in [2.45, 2.75) is 13.0 Å². The van der Waals surface area contributed by atoms with Crippen LogP contribution in [0, 0.1) is 11.3 Å². The maximum atomic E-state index is 10.7. The Kier molecular flexibility index (Phi) is 3.53. The largest absolute Gasteiger partial charge is 0.483 e. The minimum atomic E-state index is -1.12. The molecule has 0 spiro atoms. The first-order valence-electron chi connectivity index (χ1n) is 5.60. The fraction of sp³-hybridized carbons (Fsp3) is 0.143. The fourth-order valence-corrected chi connectivity index (χ4v) is 1.59. The molecule has 1 N–H and O–H groups in total. The maximum absolute atomic E-state index is 10.7. The van der Waals surface area contributed by atoms with E-state index < -0.39 is 12.1 Å². The van der Waals surface area contributed by atoms with Crippen molar-refractivity contribution < 1.29 is 19.1 Å². The molecule has 2 rings (SSSR count). The average Bonchev–Trinajstić information content (AvgIpc) is 2.89. The van der Waals surface area contributed by atoms with Gasteiger partial charge in [-0.05, 0) is 37.3 Å². The monoisotopic (exact) mass is 257 g/mol. The molecule has 5 heteroatoms. The third-order valence-corrected chi connectivity index (χ3v) is 2.51. The highest BCUT2D eigenvalue weighted by Gasteiger charge is 2.15. The average molecular weight is 257 g/mol. The minimum Gasteiger partial charge on any atom is -0.483 e. The van der Waals surface area contributed by atoms with Crippen LogP contribution >= 0.6 is 0 Å². The van der Waals surface area contributed by atoms with Crippen molar-refractivity contribution in [2.24, 2.45) is 0 Å². The van der Waals surface area contributed by atoms with E-state index in [-0.39, 0.29) is 5.76 Å². The number of ether oxygens (including phenoxy) is 1. The topological polar surface area (TPSA) is 83.5 Å². The predicted molar refractivity (Wildman–Crippen MR) is 65.9 cm³/mol. The third-order valence-electron chi connectivity index (χ3n) is 2.51. The van der Waals surface area contributed by atoms with Crippen molar-refractivity contribution in [3.63, 3.8) is 0 Å². The van der Waals surface area contributed by atoms with Crippen molar-refractivity contribution >= 4 is 5.97 Å². The molecule has 96 valence electrons. The van der Waals surface area contributed by atoms with Crippen LogP contribution in [-0.2, 0) is 0 Å². The molecule has 0 fully saturated rings. The summed E-state index contributed by atoms with van der Waals surface area (Å²) < 4.78 is 10.7. The summed E-state index contributed by atoms with van der Waals surface area (Å²) >= 11 is 0. The number of benzene rings is 1. The number of hydrogen-bond acceptors (Lipinski definition) is 4. The molecule has 0 saturated carbocycles. The number of carboxylic acid groups (broad SMARTS) is 1. The van der Waals surface area contributed by atoms with Gasteiger partial charge in [0.1, 0.15) is 11.5 Å². The summed E-state index contributed by atoms with van der Waals surface area (Å²) in [5.74, 6) is -0.305. The highest BCUT2D eigenvalue weighted by molar-refractivity contribution is 5.84. The van der Waals surface area contributed by atoms with Crippen molar-refractivity contribution in [1.29, 1.82) is 5.26 Å². The Bertz CT molecular complexity index is 639. The zero-order valence-electron chi connectivity index (χ0n) is 10.2. The van der Waals surface area contributed by atoms with Gasteiger partial charge in [0, 0.05) is 0 Å². The number of carbonyl (C=O) groups is 1. The molecular formula is C14H11NO4. The van der Waals surface area contributed by atoms with E-state index in [4.69, 9.17) is 19.5 Å². The third kappa shape index (κ3) is 2.93. The van der Waals surface area contributed by atoms with Gasteiger partial charge in [-0.15, -0.1) is 0 Å². The first kappa shape index (κ1) is 12.7. The minimum absolute atomic E-state index is 0.128. The molecule has 5 nitrogen and oxygen atoms in total. The van der Waals surface area contributed by atoms with Gasteiger partial charge in [0.05, 0.1) is 11.6 Å². The van der Waals surface area contributed by atoms with Crippen molar-refractivity contribution in [3.8, 4) is 11.8 Å². The zero-order valence-corrected chi connectivity index (χ0v) is 10.2. The molecule has 0 amide bonds. The molecule has 0 bridgehead atoms. The number of furan rings is 1.